The zero-order chi connectivity index (χ0) is 14.0. The molecule has 1 aliphatic carbocycles. The number of hydrogen-bond donors (Lipinski definition) is 3. The molecule has 0 unspecified atom stereocenters. The third-order valence-corrected chi connectivity index (χ3v) is 3.09. The van der Waals surface area contributed by atoms with Crippen molar-refractivity contribution in [1.82, 2.24) is 5.32 Å². The Morgan fingerprint density at radius 3 is 2.58 bits per heavy atom. The van der Waals surface area contributed by atoms with Crippen molar-refractivity contribution in [3.63, 3.8) is 0 Å². The Bertz CT molecular complexity index is 530. The molecule has 1 aromatic carbocycles. The Kier molecular flexibility index (Phi) is 3.37. The number of urea groups is 1. The van der Waals surface area contributed by atoms with Crippen LogP contribution >= 0.6 is 0 Å². The lowest BCUT2D eigenvalue weighted by Crippen LogP contribution is -2.37. The summed E-state index contributed by atoms with van der Waals surface area (Å²) >= 11 is 0. The number of hydrogen-bond acceptors (Lipinski definition) is 2. The number of carbonyl (C=O) groups is 2. The van der Waals surface area contributed by atoms with Crippen LogP contribution in [0.25, 0.3) is 0 Å². The molecule has 0 radical (unpaired) electrons. The van der Waals surface area contributed by atoms with Gasteiger partial charge in [-0.3, -0.25) is 4.79 Å². The summed E-state index contributed by atoms with van der Waals surface area (Å²) in [6.07, 6.45) is 0.994. The molecular formula is C12H12F2N2O3. The Hall–Kier alpha value is -2.18. The van der Waals surface area contributed by atoms with Crippen molar-refractivity contribution < 1.29 is 23.5 Å². The normalized spacial score (nSPS) is 15.7. The van der Waals surface area contributed by atoms with E-state index < -0.39 is 29.0 Å². The summed E-state index contributed by atoms with van der Waals surface area (Å²) in [7, 11) is 0. The fourth-order valence-electron chi connectivity index (χ4n) is 1.63. The first-order valence-corrected chi connectivity index (χ1v) is 5.67. The molecule has 0 heterocycles. The van der Waals surface area contributed by atoms with Gasteiger partial charge in [-0.15, -0.1) is 0 Å². The van der Waals surface area contributed by atoms with Crippen LogP contribution in [0.5, 0.6) is 0 Å². The number of benzene rings is 1. The summed E-state index contributed by atoms with van der Waals surface area (Å²) in [6.45, 7) is -0.0366. The smallest absolute Gasteiger partial charge is 0.319 e. The number of carboxylic acid groups (broad SMARTS) is 1. The number of anilines is 1. The second kappa shape index (κ2) is 4.83. The van der Waals surface area contributed by atoms with Crippen molar-refractivity contribution in [1.29, 1.82) is 0 Å². The van der Waals surface area contributed by atoms with Gasteiger partial charge in [0.15, 0.2) is 11.6 Å². The first-order valence-electron chi connectivity index (χ1n) is 5.67. The van der Waals surface area contributed by atoms with Gasteiger partial charge in [-0.2, -0.15) is 0 Å². The van der Waals surface area contributed by atoms with Gasteiger partial charge >= 0.3 is 12.0 Å². The molecular weight excluding hydrogens is 258 g/mol. The molecule has 1 aromatic rings. The molecule has 1 saturated carbocycles. The predicted octanol–water partition coefficient (Wildman–Crippen LogP) is 1.95. The van der Waals surface area contributed by atoms with Crippen molar-refractivity contribution >= 4 is 17.7 Å². The van der Waals surface area contributed by atoms with E-state index in [4.69, 9.17) is 5.11 Å². The Balaban J connectivity index is 1.91. The van der Waals surface area contributed by atoms with Crippen molar-refractivity contribution in [3.05, 3.63) is 29.8 Å². The molecule has 0 aliphatic heterocycles. The fourth-order valence-corrected chi connectivity index (χ4v) is 1.63. The summed E-state index contributed by atoms with van der Waals surface area (Å²) in [5.41, 5.74) is -1.20. The van der Waals surface area contributed by atoms with E-state index in [1.165, 1.54) is 12.1 Å². The zero-order valence-electron chi connectivity index (χ0n) is 9.87. The number of nitrogens with one attached hydrogen (secondary N) is 2. The molecule has 0 saturated heterocycles. The quantitative estimate of drug-likeness (QED) is 0.782. The molecule has 2 rings (SSSR count). The van der Waals surface area contributed by atoms with E-state index in [0.29, 0.717) is 12.8 Å². The SMILES string of the molecule is O=C(NCC1(C(=O)O)CC1)Nc1cccc(F)c1F. The summed E-state index contributed by atoms with van der Waals surface area (Å²) in [5.74, 6) is -3.19. The molecule has 5 nitrogen and oxygen atoms in total. The van der Waals surface area contributed by atoms with Gasteiger partial charge < -0.3 is 15.7 Å². The maximum Gasteiger partial charge on any atom is 0.319 e. The van der Waals surface area contributed by atoms with Gasteiger partial charge in [0.25, 0.3) is 0 Å². The van der Waals surface area contributed by atoms with Crippen LogP contribution < -0.4 is 10.6 Å². The van der Waals surface area contributed by atoms with Crippen LogP contribution in [-0.4, -0.2) is 23.7 Å². The highest BCUT2D eigenvalue weighted by atomic mass is 19.2. The average Bonchev–Trinajstić information content (AvgIpc) is 3.14. The second-order valence-corrected chi connectivity index (χ2v) is 4.49. The van der Waals surface area contributed by atoms with Gasteiger partial charge in [-0.1, -0.05) is 6.07 Å². The van der Waals surface area contributed by atoms with Gasteiger partial charge in [-0.25, -0.2) is 13.6 Å². The molecule has 7 heteroatoms. The maximum absolute atomic E-state index is 13.3. The molecule has 19 heavy (non-hydrogen) atoms. The Morgan fingerprint density at radius 1 is 1.32 bits per heavy atom. The summed E-state index contributed by atoms with van der Waals surface area (Å²) < 4.78 is 26.2. The number of aliphatic carboxylic acids is 1. The van der Waals surface area contributed by atoms with Crippen LogP contribution in [0.4, 0.5) is 19.3 Å². The van der Waals surface area contributed by atoms with Crippen LogP contribution in [0.2, 0.25) is 0 Å². The standard InChI is InChI=1S/C12H12F2N2O3/c13-7-2-1-3-8(9(7)14)16-11(19)15-6-12(4-5-12)10(17)18/h1-3H,4-6H2,(H,17,18)(H2,15,16,19). The van der Waals surface area contributed by atoms with E-state index in [2.05, 4.69) is 10.6 Å². The highest BCUT2D eigenvalue weighted by Crippen LogP contribution is 2.45. The summed E-state index contributed by atoms with van der Waals surface area (Å²) in [5, 5.41) is 13.4. The third-order valence-electron chi connectivity index (χ3n) is 3.09. The number of amides is 2. The van der Waals surface area contributed by atoms with E-state index >= 15 is 0 Å². The van der Waals surface area contributed by atoms with Crippen molar-refractivity contribution in [3.8, 4) is 0 Å². The van der Waals surface area contributed by atoms with Gasteiger partial charge in [0.05, 0.1) is 11.1 Å². The molecule has 1 aliphatic rings. The molecule has 0 aromatic heterocycles. The van der Waals surface area contributed by atoms with Crippen molar-refractivity contribution in [2.75, 3.05) is 11.9 Å². The monoisotopic (exact) mass is 270 g/mol. The van der Waals surface area contributed by atoms with Crippen LogP contribution in [0.15, 0.2) is 18.2 Å². The first kappa shape index (κ1) is 13.3. The van der Waals surface area contributed by atoms with Crippen LogP contribution in [0.3, 0.4) is 0 Å². The van der Waals surface area contributed by atoms with E-state index in [1.807, 2.05) is 0 Å². The minimum atomic E-state index is -1.16. The lowest BCUT2D eigenvalue weighted by molar-refractivity contribution is -0.143. The summed E-state index contributed by atoms with van der Waals surface area (Å²) in [6, 6.07) is 2.63. The van der Waals surface area contributed by atoms with E-state index in [-0.39, 0.29) is 12.2 Å². The molecule has 0 atom stereocenters. The lowest BCUT2D eigenvalue weighted by atomic mass is 10.1. The number of carbonyl (C=O) groups excluding carboxylic acids is 1. The third kappa shape index (κ3) is 2.81. The van der Waals surface area contributed by atoms with Crippen LogP contribution in [-0.2, 0) is 4.79 Å². The molecule has 2 amide bonds. The molecule has 3 N–H and O–H groups in total. The second-order valence-electron chi connectivity index (χ2n) is 4.49. The van der Waals surface area contributed by atoms with E-state index in [1.54, 1.807) is 0 Å². The molecule has 1 fully saturated rings. The van der Waals surface area contributed by atoms with Crippen molar-refractivity contribution in [2.24, 2.45) is 5.41 Å². The first-order chi connectivity index (χ1) is 8.94. The number of carboxylic acids is 1. The highest BCUT2D eigenvalue weighted by molar-refractivity contribution is 5.90. The average molecular weight is 270 g/mol. The largest absolute Gasteiger partial charge is 0.481 e. The lowest BCUT2D eigenvalue weighted by Gasteiger charge is -2.12. The van der Waals surface area contributed by atoms with E-state index in [9.17, 15) is 18.4 Å². The number of rotatable bonds is 4. The zero-order valence-corrected chi connectivity index (χ0v) is 9.87. The maximum atomic E-state index is 13.3. The van der Waals surface area contributed by atoms with Crippen LogP contribution in [0.1, 0.15) is 12.8 Å². The highest BCUT2D eigenvalue weighted by Gasteiger charge is 2.50. The van der Waals surface area contributed by atoms with Gasteiger partial charge in [-0.05, 0) is 25.0 Å². The molecule has 0 spiro atoms. The van der Waals surface area contributed by atoms with Crippen LogP contribution in [0, 0.1) is 17.0 Å². The number of halogens is 2. The van der Waals surface area contributed by atoms with Crippen molar-refractivity contribution in [2.45, 2.75) is 12.8 Å². The molecule has 0 bridgehead atoms. The Morgan fingerprint density at radius 2 is 2.00 bits per heavy atom. The topological polar surface area (TPSA) is 78.4 Å². The minimum Gasteiger partial charge on any atom is -0.481 e. The predicted molar refractivity (Wildman–Crippen MR) is 62.7 cm³/mol. The van der Waals surface area contributed by atoms with E-state index in [0.717, 1.165) is 6.07 Å². The van der Waals surface area contributed by atoms with Gasteiger partial charge in [0, 0.05) is 6.54 Å². The summed E-state index contributed by atoms with van der Waals surface area (Å²) in [4.78, 5) is 22.3. The van der Waals surface area contributed by atoms with Gasteiger partial charge in [0.2, 0.25) is 0 Å². The van der Waals surface area contributed by atoms with Gasteiger partial charge in [0.1, 0.15) is 0 Å². The minimum absolute atomic E-state index is 0.0366. The Labute approximate surface area is 107 Å². The molecule has 102 valence electrons. The fraction of sp³-hybridized carbons (Fsp3) is 0.333.